The molecule has 0 aromatic carbocycles. The van der Waals surface area contributed by atoms with Crippen LogP contribution in [0.2, 0.25) is 0 Å². The standard InChI is InChI=1S/C5H10.Mn/c1-3-5-4-2;/h1H,3-5H2,2H3;. The first kappa shape index (κ1) is 6.39. The monoisotopic (exact) mass is 125 g/mol. The summed E-state index contributed by atoms with van der Waals surface area (Å²) in [5, 5.41) is 0. The summed E-state index contributed by atoms with van der Waals surface area (Å²) >= 11 is 3.23. The Morgan fingerprint density at radius 1 is 1.67 bits per heavy atom. The van der Waals surface area contributed by atoms with Gasteiger partial charge in [-0.15, -0.1) is 0 Å². The normalized spacial score (nSPS) is 8.17. The molecule has 0 aliphatic carbocycles. The topological polar surface area (TPSA) is 0 Å². The van der Waals surface area contributed by atoms with E-state index in [1.165, 1.54) is 19.3 Å². The molecule has 0 aliphatic rings. The summed E-state index contributed by atoms with van der Waals surface area (Å²) in [6, 6.07) is 0. The van der Waals surface area contributed by atoms with Crippen molar-refractivity contribution in [1.82, 2.24) is 0 Å². The summed E-state index contributed by atoms with van der Waals surface area (Å²) in [6.07, 6.45) is 3.81. The molecule has 37 valence electrons. The van der Waals surface area contributed by atoms with E-state index in [0.29, 0.717) is 0 Å². The van der Waals surface area contributed by atoms with Crippen LogP contribution in [0.1, 0.15) is 26.2 Å². The van der Waals surface area contributed by atoms with Crippen molar-refractivity contribution in [1.29, 1.82) is 0 Å². The molecule has 0 aliphatic heterocycles. The zero-order valence-electron chi connectivity index (χ0n) is 4.08. The van der Waals surface area contributed by atoms with Gasteiger partial charge in [-0.05, 0) is 0 Å². The third kappa shape index (κ3) is 4.39. The van der Waals surface area contributed by atoms with E-state index in [1.54, 1.807) is 0 Å². The van der Waals surface area contributed by atoms with Gasteiger partial charge in [-0.25, -0.2) is 0 Å². The Balaban J connectivity index is 2.49. The number of hydrogen-bond donors (Lipinski definition) is 0. The van der Waals surface area contributed by atoms with Crippen molar-refractivity contribution in [2.75, 3.05) is 0 Å². The molecule has 6 heavy (non-hydrogen) atoms. The van der Waals surface area contributed by atoms with Crippen LogP contribution in [0.25, 0.3) is 0 Å². The van der Waals surface area contributed by atoms with Crippen molar-refractivity contribution in [3.63, 3.8) is 0 Å². The summed E-state index contributed by atoms with van der Waals surface area (Å²) in [6.45, 7) is 2.19. The Labute approximate surface area is 47.3 Å². The molecule has 0 nitrogen and oxygen atoms in total. The molecule has 0 radical (unpaired) electrons. The van der Waals surface area contributed by atoms with Crippen LogP contribution in [-0.2, 0) is 15.6 Å². The summed E-state index contributed by atoms with van der Waals surface area (Å²) in [7, 11) is 0. The molecule has 0 heterocycles. The maximum atomic E-state index is 3.23. The summed E-state index contributed by atoms with van der Waals surface area (Å²) < 4.78 is 0. The molecular weight excluding hydrogens is 115 g/mol. The molecule has 0 bridgehead atoms. The maximum absolute atomic E-state index is 3.23. The minimum absolute atomic E-state index is 1.20. The van der Waals surface area contributed by atoms with E-state index in [9.17, 15) is 0 Å². The average Bonchev–Trinajstić information content (AvgIpc) is 1.61. The van der Waals surface area contributed by atoms with E-state index in [-0.39, 0.29) is 0 Å². The van der Waals surface area contributed by atoms with Crippen molar-refractivity contribution < 1.29 is 15.6 Å². The second-order valence-corrected chi connectivity index (χ2v) is 1.78. The van der Waals surface area contributed by atoms with E-state index < -0.39 is 0 Å². The zero-order valence-corrected chi connectivity index (χ0v) is 5.26. The van der Waals surface area contributed by atoms with Gasteiger partial charge < -0.3 is 0 Å². The van der Waals surface area contributed by atoms with Crippen LogP contribution in [0.3, 0.4) is 0 Å². The molecule has 1 heteroatoms. The van der Waals surface area contributed by atoms with E-state index >= 15 is 0 Å². The molecule has 0 fully saturated rings. The van der Waals surface area contributed by atoms with Crippen LogP contribution >= 0.6 is 0 Å². The molecule has 0 saturated carbocycles. The van der Waals surface area contributed by atoms with Gasteiger partial charge in [0.1, 0.15) is 0 Å². The Morgan fingerprint density at radius 3 is 2.50 bits per heavy atom. The van der Waals surface area contributed by atoms with Crippen molar-refractivity contribution in [3.8, 4) is 0 Å². The molecule has 0 saturated heterocycles. The Morgan fingerprint density at radius 2 is 2.33 bits per heavy atom. The van der Waals surface area contributed by atoms with Gasteiger partial charge in [0.05, 0.1) is 0 Å². The molecule has 0 aromatic heterocycles. The van der Waals surface area contributed by atoms with Crippen LogP contribution in [0, 0.1) is 0 Å². The van der Waals surface area contributed by atoms with E-state index in [2.05, 4.69) is 22.5 Å². The fraction of sp³-hybridized carbons (Fsp3) is 0.800. The molecule has 0 atom stereocenters. The minimum atomic E-state index is 1.20. The van der Waals surface area contributed by atoms with Crippen molar-refractivity contribution in [2.24, 2.45) is 0 Å². The number of hydrogen-bond acceptors (Lipinski definition) is 0. The van der Waals surface area contributed by atoms with Gasteiger partial charge in [-0.3, -0.25) is 0 Å². The zero-order chi connectivity index (χ0) is 4.83. The molecule has 0 N–H and O–H groups in total. The predicted molar refractivity (Wildman–Crippen MR) is 25.6 cm³/mol. The van der Waals surface area contributed by atoms with Crippen LogP contribution in [0.5, 0.6) is 0 Å². The Hall–Kier alpha value is 0.389. The van der Waals surface area contributed by atoms with Gasteiger partial charge >= 0.3 is 46.7 Å². The summed E-state index contributed by atoms with van der Waals surface area (Å²) in [5.74, 6) is 0. The van der Waals surface area contributed by atoms with E-state index in [1.807, 2.05) is 4.92 Å². The molecule has 0 aromatic rings. The van der Waals surface area contributed by atoms with Crippen LogP contribution in [0.4, 0.5) is 0 Å². The van der Waals surface area contributed by atoms with Gasteiger partial charge in [0.2, 0.25) is 0 Å². The average molecular weight is 125 g/mol. The Kier molecular flexibility index (Phi) is 5.74. The SMILES string of the molecule is CCCC[CH]=[Mn]. The van der Waals surface area contributed by atoms with Crippen molar-refractivity contribution >= 4 is 4.92 Å². The molecule has 0 rings (SSSR count). The molecule has 0 amide bonds. The Bertz CT molecular complexity index is 32.9. The van der Waals surface area contributed by atoms with Gasteiger partial charge in [0.25, 0.3) is 0 Å². The van der Waals surface area contributed by atoms with E-state index in [0.717, 1.165) is 0 Å². The predicted octanol–water partition coefficient (Wildman–Crippen LogP) is 1.53. The number of unbranched alkanes of at least 4 members (excludes halogenated alkanes) is 2. The first-order valence-corrected chi connectivity index (χ1v) is 3.02. The first-order valence-electron chi connectivity index (χ1n) is 2.33. The quantitative estimate of drug-likeness (QED) is 0.396. The third-order valence-electron chi connectivity index (χ3n) is 0.667. The fourth-order valence-corrected chi connectivity index (χ4v) is 0.522. The van der Waals surface area contributed by atoms with Gasteiger partial charge in [0.15, 0.2) is 0 Å². The summed E-state index contributed by atoms with van der Waals surface area (Å²) in [5.41, 5.74) is 0. The molecular formula is C5H10Mn. The second-order valence-electron chi connectivity index (χ2n) is 1.30. The summed E-state index contributed by atoms with van der Waals surface area (Å²) in [4.78, 5) is 2.02. The third-order valence-corrected chi connectivity index (χ3v) is 1.01. The van der Waals surface area contributed by atoms with Crippen LogP contribution in [0.15, 0.2) is 0 Å². The molecule has 0 unspecified atom stereocenters. The van der Waals surface area contributed by atoms with Crippen molar-refractivity contribution in [2.45, 2.75) is 26.2 Å². The van der Waals surface area contributed by atoms with Gasteiger partial charge in [0, 0.05) is 0 Å². The van der Waals surface area contributed by atoms with Crippen molar-refractivity contribution in [3.05, 3.63) is 0 Å². The second kappa shape index (κ2) is 5.39. The van der Waals surface area contributed by atoms with Crippen LogP contribution < -0.4 is 0 Å². The first-order chi connectivity index (χ1) is 2.91. The van der Waals surface area contributed by atoms with Gasteiger partial charge in [-0.2, -0.15) is 0 Å². The van der Waals surface area contributed by atoms with Gasteiger partial charge in [-0.1, -0.05) is 0 Å². The molecule has 0 spiro atoms. The van der Waals surface area contributed by atoms with Crippen LogP contribution in [-0.4, -0.2) is 4.92 Å². The fourth-order valence-electron chi connectivity index (χ4n) is 0.281. The van der Waals surface area contributed by atoms with E-state index in [4.69, 9.17) is 0 Å². The number of rotatable bonds is 3.